The molecule has 3 aromatic carbocycles. The van der Waals surface area contributed by atoms with Gasteiger partial charge in [0.15, 0.2) is 29.9 Å². The van der Waals surface area contributed by atoms with E-state index in [1.807, 2.05) is 43.3 Å². The summed E-state index contributed by atoms with van der Waals surface area (Å²) in [5.41, 5.74) is 0.623. The number of fused-ring (bicyclic) bond motifs is 5. The van der Waals surface area contributed by atoms with Gasteiger partial charge < -0.3 is 38.6 Å². The number of hydrogen-bond donors (Lipinski definition) is 1. The zero-order valence-electron chi connectivity index (χ0n) is 29.0. The van der Waals surface area contributed by atoms with Crippen molar-refractivity contribution in [3.05, 3.63) is 65.7 Å². The van der Waals surface area contributed by atoms with Crippen LogP contribution in [0.1, 0.15) is 50.3 Å². The Labute approximate surface area is 295 Å². The molecule has 270 valence electrons. The lowest BCUT2D eigenvalue weighted by molar-refractivity contribution is -0.178. The summed E-state index contributed by atoms with van der Waals surface area (Å²) < 4.78 is 34.5. The Kier molecular flexibility index (Phi) is 10.7. The molecule has 0 saturated carbocycles. The molecule has 2 amide bonds. The minimum Gasteiger partial charge on any atom is -0.449 e. The molecule has 3 aromatic rings. The van der Waals surface area contributed by atoms with Crippen molar-refractivity contribution < 1.29 is 52.4 Å². The number of esters is 2. The summed E-state index contributed by atoms with van der Waals surface area (Å²) in [6.07, 6.45) is -1.43. The summed E-state index contributed by atoms with van der Waals surface area (Å²) >= 11 is 0. The molecular formula is C38H42N2O11. The van der Waals surface area contributed by atoms with Crippen LogP contribution in [0, 0.1) is 0 Å². The van der Waals surface area contributed by atoms with Crippen molar-refractivity contribution in [1.29, 1.82) is 0 Å². The Morgan fingerprint density at radius 2 is 1.82 bits per heavy atom. The van der Waals surface area contributed by atoms with Gasteiger partial charge in [0.2, 0.25) is 0 Å². The Morgan fingerprint density at radius 1 is 1.08 bits per heavy atom. The van der Waals surface area contributed by atoms with Crippen molar-refractivity contribution in [2.75, 3.05) is 32.8 Å². The van der Waals surface area contributed by atoms with Crippen LogP contribution in [0.4, 0.5) is 4.79 Å². The normalized spacial score (nSPS) is 22.4. The summed E-state index contributed by atoms with van der Waals surface area (Å²) in [6, 6.07) is 11.8. The van der Waals surface area contributed by atoms with Gasteiger partial charge in [-0.3, -0.25) is 14.4 Å². The molecule has 0 radical (unpaired) electrons. The molecule has 13 heteroatoms. The van der Waals surface area contributed by atoms with E-state index in [9.17, 15) is 24.0 Å². The van der Waals surface area contributed by atoms with Gasteiger partial charge in [0, 0.05) is 44.0 Å². The third-order valence-corrected chi connectivity index (χ3v) is 9.61. The van der Waals surface area contributed by atoms with E-state index in [4.69, 9.17) is 28.4 Å². The summed E-state index contributed by atoms with van der Waals surface area (Å²) in [4.78, 5) is 66.1. The van der Waals surface area contributed by atoms with Gasteiger partial charge >= 0.3 is 18.0 Å². The van der Waals surface area contributed by atoms with E-state index in [0.717, 1.165) is 27.3 Å². The highest BCUT2D eigenvalue weighted by molar-refractivity contribution is 6.05. The van der Waals surface area contributed by atoms with Gasteiger partial charge in [-0.25, -0.2) is 9.59 Å². The average Bonchev–Trinajstić information content (AvgIpc) is 3.49. The van der Waals surface area contributed by atoms with Crippen molar-refractivity contribution in [2.45, 2.75) is 77.2 Å². The highest BCUT2D eigenvalue weighted by Crippen LogP contribution is 2.46. The maximum atomic E-state index is 13.7. The van der Waals surface area contributed by atoms with Crippen LogP contribution in [0.15, 0.2) is 49.1 Å². The Morgan fingerprint density at radius 3 is 2.51 bits per heavy atom. The first-order valence-electron chi connectivity index (χ1n) is 17.2. The molecule has 4 atom stereocenters. The van der Waals surface area contributed by atoms with Gasteiger partial charge in [0.1, 0.15) is 12.4 Å². The summed E-state index contributed by atoms with van der Waals surface area (Å²) in [6.45, 7) is 9.62. The zero-order chi connectivity index (χ0) is 36.3. The second kappa shape index (κ2) is 15.2. The number of hydrogen-bond acceptors (Lipinski definition) is 11. The summed E-state index contributed by atoms with van der Waals surface area (Å²) in [5, 5.41) is 6.02. The number of likely N-dealkylation sites (N-methyl/N-ethyl adjacent to an activating group) is 1. The van der Waals surface area contributed by atoms with E-state index in [1.165, 1.54) is 19.9 Å². The molecule has 2 bridgehead atoms. The molecule has 2 heterocycles. The molecule has 2 aliphatic heterocycles. The number of amides is 2. The monoisotopic (exact) mass is 702 g/mol. The van der Waals surface area contributed by atoms with Crippen molar-refractivity contribution >= 4 is 51.3 Å². The van der Waals surface area contributed by atoms with E-state index in [0.29, 0.717) is 43.5 Å². The van der Waals surface area contributed by atoms with Crippen LogP contribution < -0.4 is 10.1 Å². The maximum absolute atomic E-state index is 13.7. The fourth-order valence-corrected chi connectivity index (χ4v) is 7.06. The van der Waals surface area contributed by atoms with Crippen LogP contribution in [-0.2, 0) is 62.3 Å². The van der Waals surface area contributed by atoms with Crippen molar-refractivity contribution in [3.8, 4) is 5.75 Å². The van der Waals surface area contributed by atoms with Gasteiger partial charge in [0.05, 0.1) is 13.2 Å². The van der Waals surface area contributed by atoms with Crippen LogP contribution in [0.3, 0.4) is 0 Å². The van der Waals surface area contributed by atoms with Crippen molar-refractivity contribution in [1.82, 2.24) is 10.2 Å². The highest BCUT2D eigenvalue weighted by atomic mass is 16.8. The van der Waals surface area contributed by atoms with E-state index < -0.39 is 47.9 Å². The Hall–Kier alpha value is -4.85. The van der Waals surface area contributed by atoms with Crippen LogP contribution >= 0.6 is 0 Å². The van der Waals surface area contributed by atoms with Gasteiger partial charge in [-0.05, 0) is 72.5 Å². The van der Waals surface area contributed by atoms with Gasteiger partial charge in [-0.1, -0.05) is 36.9 Å². The molecule has 1 aliphatic carbocycles. The number of alkyl carbamates (subject to hydrolysis) is 1. The number of morpholine rings is 1. The van der Waals surface area contributed by atoms with Gasteiger partial charge in [0.25, 0.3) is 5.91 Å². The lowest BCUT2D eigenvalue weighted by Crippen LogP contribution is -2.53. The topological polar surface area (TPSA) is 156 Å². The number of rotatable bonds is 13. The zero-order valence-corrected chi connectivity index (χ0v) is 29.0. The van der Waals surface area contributed by atoms with E-state index in [-0.39, 0.29) is 44.3 Å². The molecule has 13 nitrogen and oxygen atoms in total. The number of benzene rings is 3. The number of nitrogens with zero attached hydrogens (tertiary/aromatic N) is 1. The van der Waals surface area contributed by atoms with Gasteiger partial charge in [-0.15, -0.1) is 0 Å². The third kappa shape index (κ3) is 7.32. The molecular weight excluding hydrogens is 660 g/mol. The molecule has 6 rings (SSSR count). The largest absolute Gasteiger partial charge is 0.449 e. The van der Waals surface area contributed by atoms with Gasteiger partial charge in [-0.2, -0.15) is 0 Å². The third-order valence-electron chi connectivity index (χ3n) is 9.61. The standard InChI is InChI=1S/C38H42N2O11/c1-5-15-47-37(45)39-14-9-16-46-21-30-26-12-13-38(22(3)41,51-36(44)34-33-35(43)40(6-2)20-31(49-33)50-34)19-29(26)32(48-23(4)42)28-18-25-11-8-7-10-24(25)17-27(28)30/h5,7-8,10-11,17-18,31,33-34H,1,6,9,12-16,19-21H2,2-4H3,(H,39,45)/t31-,33+,34+,38+/m0/s1. The Balaban J connectivity index is 1.34. The van der Waals surface area contributed by atoms with Crippen LogP contribution in [0.5, 0.6) is 5.75 Å². The molecule has 0 spiro atoms. The fourth-order valence-electron chi connectivity index (χ4n) is 7.06. The molecule has 1 N–H and O–H groups in total. The molecule has 2 saturated heterocycles. The predicted molar refractivity (Wildman–Crippen MR) is 184 cm³/mol. The first-order valence-corrected chi connectivity index (χ1v) is 17.2. The maximum Gasteiger partial charge on any atom is 0.407 e. The molecule has 0 unspecified atom stereocenters. The number of carbonyl (C=O) groups excluding carboxylic acids is 5. The molecule has 0 aromatic heterocycles. The van der Waals surface area contributed by atoms with E-state index in [2.05, 4.69) is 11.9 Å². The second-order valence-corrected chi connectivity index (χ2v) is 12.9. The molecule has 51 heavy (non-hydrogen) atoms. The minimum absolute atomic E-state index is 0.0742. The lowest BCUT2D eigenvalue weighted by atomic mass is 9.74. The number of nitrogens with one attached hydrogen (secondary N) is 1. The molecule has 3 aliphatic rings. The Bertz CT molecular complexity index is 1890. The quantitative estimate of drug-likeness (QED) is 0.0901. The first kappa shape index (κ1) is 36.0. The first-order chi connectivity index (χ1) is 24.5. The smallest absolute Gasteiger partial charge is 0.407 e. The van der Waals surface area contributed by atoms with E-state index in [1.54, 1.807) is 4.90 Å². The number of Topliss-reactive ketones (excluding diaryl/α,β-unsaturated/α-hetero) is 1. The van der Waals surface area contributed by atoms with Crippen LogP contribution in [0.25, 0.3) is 21.5 Å². The second-order valence-electron chi connectivity index (χ2n) is 12.9. The number of carbonyl (C=O) groups is 5. The predicted octanol–water partition coefficient (Wildman–Crippen LogP) is 4.07. The lowest BCUT2D eigenvalue weighted by Gasteiger charge is -2.38. The minimum atomic E-state index is -1.62. The average molecular weight is 703 g/mol. The summed E-state index contributed by atoms with van der Waals surface area (Å²) in [5.74, 6) is -1.89. The SMILES string of the molecule is C=CCOC(=O)NCCCOCc1c2c(c(OC(C)=O)c3cc4ccccc4cc13)C[C@@](OC(=O)[C@@H]1O[C@H]3CN(CC)C(=O)[C@@H]1O3)(C(C)=O)CC2. The molecule has 2 fully saturated rings. The highest BCUT2D eigenvalue weighted by Gasteiger charge is 2.54. The van der Waals surface area contributed by atoms with Crippen molar-refractivity contribution in [3.63, 3.8) is 0 Å². The van der Waals surface area contributed by atoms with Crippen molar-refractivity contribution in [2.24, 2.45) is 0 Å². The van der Waals surface area contributed by atoms with E-state index >= 15 is 0 Å². The van der Waals surface area contributed by atoms with Crippen LogP contribution in [0.2, 0.25) is 0 Å². The number of ketones is 1. The fraction of sp³-hybridized carbons (Fsp3) is 0.447. The van der Waals surface area contributed by atoms with Crippen LogP contribution in [-0.4, -0.2) is 91.6 Å². The number of ether oxygens (including phenoxy) is 6. The summed E-state index contributed by atoms with van der Waals surface area (Å²) in [7, 11) is 0.